The Morgan fingerprint density at radius 2 is 1.77 bits per heavy atom. The number of fused-ring (bicyclic) bond motifs is 3. The topological polar surface area (TPSA) is 184 Å². The number of rotatable bonds is 5. The van der Waals surface area contributed by atoms with E-state index < -0.39 is 76.8 Å². The molecule has 0 aliphatic heterocycles. The molecule has 39 heavy (non-hydrogen) atoms. The maximum absolute atomic E-state index is 13.8. The summed E-state index contributed by atoms with van der Waals surface area (Å²) in [5, 5.41) is 37.3. The highest BCUT2D eigenvalue weighted by Gasteiger charge is 2.69. The molecule has 6 N–H and O–H groups in total. The quantitative estimate of drug-likeness (QED) is 0.273. The number of benzene rings is 1. The van der Waals surface area contributed by atoms with Crippen molar-refractivity contribution in [1.82, 2.24) is 0 Å². The van der Waals surface area contributed by atoms with Crippen LogP contribution >= 0.6 is 0 Å². The fraction of sp³-hybridized carbons (Fsp3) is 0.621. The molecule has 0 aromatic heterocycles. The van der Waals surface area contributed by atoms with Crippen LogP contribution in [-0.2, 0) is 19.2 Å². The highest BCUT2D eigenvalue weighted by molar-refractivity contribution is 6.31. The van der Waals surface area contributed by atoms with Gasteiger partial charge in [0.25, 0.3) is 0 Å². The summed E-state index contributed by atoms with van der Waals surface area (Å²) in [4.78, 5) is 65.1. The number of carbonyl (C=O) groups is 5. The lowest BCUT2D eigenvalue weighted by molar-refractivity contribution is -0.189. The fourth-order valence-electron chi connectivity index (χ4n) is 7.69. The monoisotopic (exact) mass is 540 g/mol. The van der Waals surface area contributed by atoms with Crippen molar-refractivity contribution in [1.29, 1.82) is 0 Å². The summed E-state index contributed by atoms with van der Waals surface area (Å²) >= 11 is 0. The minimum Gasteiger partial charge on any atom is -0.505 e. The van der Waals surface area contributed by atoms with E-state index in [1.54, 1.807) is 19.1 Å². The van der Waals surface area contributed by atoms with Gasteiger partial charge >= 0.3 is 0 Å². The van der Waals surface area contributed by atoms with E-state index in [1.807, 2.05) is 0 Å². The summed E-state index contributed by atoms with van der Waals surface area (Å²) < 4.78 is 0. The van der Waals surface area contributed by atoms with Gasteiger partial charge in [-0.1, -0.05) is 32.8 Å². The molecule has 1 amide bonds. The molecule has 1 aromatic carbocycles. The van der Waals surface area contributed by atoms with Gasteiger partial charge in [-0.25, -0.2) is 0 Å². The number of phenols is 1. The minimum absolute atomic E-state index is 0.0817. The zero-order valence-corrected chi connectivity index (χ0v) is 22.2. The van der Waals surface area contributed by atoms with Crippen molar-refractivity contribution in [2.24, 2.45) is 35.3 Å². The zero-order chi connectivity index (χ0) is 28.4. The first-order valence-electron chi connectivity index (χ1n) is 13.9. The number of amides is 1. The Labute approximate surface area is 226 Å². The number of nitrogens with one attached hydrogen (secondary N) is 1. The normalized spacial score (nSPS) is 38.1. The predicted octanol–water partition coefficient (Wildman–Crippen LogP) is 1.63. The van der Waals surface area contributed by atoms with E-state index in [1.165, 1.54) is 6.42 Å². The van der Waals surface area contributed by atoms with Gasteiger partial charge in [-0.2, -0.15) is 0 Å². The number of nitrogens with two attached hydrogens (primary N) is 1. The van der Waals surface area contributed by atoms with Crippen molar-refractivity contribution in [3.05, 3.63) is 23.3 Å². The molecule has 0 heterocycles. The number of hydrogen-bond donors (Lipinski definition) is 5. The first-order valence-corrected chi connectivity index (χ1v) is 13.9. The molecular weight excluding hydrogens is 504 g/mol. The van der Waals surface area contributed by atoms with Gasteiger partial charge < -0.3 is 26.4 Å². The first-order chi connectivity index (χ1) is 18.4. The summed E-state index contributed by atoms with van der Waals surface area (Å²) in [7, 11) is 0. The van der Waals surface area contributed by atoms with Crippen LogP contribution < -0.4 is 11.1 Å². The SMILES string of the molecule is CCCC1CCC(Nc2ccc3c(c2O)C(=O)C2C(=O)[C@]4(O)C(=O)C(C(N)=O)C(=O)C[C@@H]4[C@@H](O)[C@@H]2[C@H]3C)CC1. The summed E-state index contributed by atoms with van der Waals surface area (Å²) in [5.41, 5.74) is 3.02. The van der Waals surface area contributed by atoms with Gasteiger partial charge in [0.05, 0.1) is 23.3 Å². The molecule has 0 bridgehead atoms. The molecule has 3 saturated carbocycles. The Bertz CT molecular complexity index is 1250. The molecule has 7 atom stereocenters. The molecule has 2 unspecified atom stereocenters. The maximum atomic E-state index is 13.8. The van der Waals surface area contributed by atoms with E-state index in [0.717, 1.165) is 32.1 Å². The van der Waals surface area contributed by atoms with Gasteiger partial charge in [0.1, 0.15) is 5.75 Å². The number of Topliss-reactive ketones (excluding diaryl/α,β-unsaturated/α-hetero) is 4. The Balaban J connectivity index is 1.49. The molecule has 0 radical (unpaired) electrons. The highest BCUT2D eigenvalue weighted by Crippen LogP contribution is 2.54. The van der Waals surface area contributed by atoms with Gasteiger partial charge in [-0.3, -0.25) is 24.0 Å². The van der Waals surface area contributed by atoms with Crippen molar-refractivity contribution < 1.29 is 39.3 Å². The van der Waals surface area contributed by atoms with Crippen LogP contribution in [0.25, 0.3) is 0 Å². The molecule has 10 nitrogen and oxygen atoms in total. The third kappa shape index (κ3) is 4.02. The Morgan fingerprint density at radius 3 is 2.38 bits per heavy atom. The molecule has 4 aliphatic rings. The Hall–Kier alpha value is -3.11. The molecule has 3 fully saturated rings. The largest absolute Gasteiger partial charge is 0.505 e. The number of ketones is 4. The predicted molar refractivity (Wildman–Crippen MR) is 139 cm³/mol. The number of aliphatic hydroxyl groups excluding tert-OH is 1. The smallest absolute Gasteiger partial charge is 0.235 e. The van der Waals surface area contributed by atoms with E-state index in [4.69, 9.17) is 5.73 Å². The minimum atomic E-state index is -2.91. The fourth-order valence-corrected chi connectivity index (χ4v) is 7.69. The number of primary amides is 1. The van der Waals surface area contributed by atoms with Crippen LogP contribution in [-0.4, -0.2) is 62.1 Å². The molecule has 0 spiro atoms. The number of hydrogen-bond acceptors (Lipinski definition) is 9. The van der Waals surface area contributed by atoms with E-state index >= 15 is 0 Å². The van der Waals surface area contributed by atoms with E-state index in [2.05, 4.69) is 12.2 Å². The second-order valence-corrected chi connectivity index (χ2v) is 11.9. The van der Waals surface area contributed by atoms with Gasteiger partial charge in [0.15, 0.2) is 34.7 Å². The van der Waals surface area contributed by atoms with Crippen LogP contribution in [0.4, 0.5) is 5.69 Å². The number of carbonyl (C=O) groups excluding carboxylic acids is 5. The number of anilines is 1. The summed E-state index contributed by atoms with van der Waals surface area (Å²) in [6.07, 6.45) is 4.17. The number of aliphatic hydroxyl groups is 2. The van der Waals surface area contributed by atoms with Crippen molar-refractivity contribution >= 4 is 34.7 Å². The average Bonchev–Trinajstić information content (AvgIpc) is 2.89. The van der Waals surface area contributed by atoms with Gasteiger partial charge in [0.2, 0.25) is 5.91 Å². The van der Waals surface area contributed by atoms with Crippen LogP contribution in [0.5, 0.6) is 5.75 Å². The Morgan fingerprint density at radius 1 is 1.10 bits per heavy atom. The van der Waals surface area contributed by atoms with E-state index in [-0.39, 0.29) is 17.4 Å². The maximum Gasteiger partial charge on any atom is 0.235 e. The lowest BCUT2D eigenvalue weighted by Gasteiger charge is -2.52. The van der Waals surface area contributed by atoms with Gasteiger partial charge in [-0.15, -0.1) is 0 Å². The van der Waals surface area contributed by atoms with Crippen molar-refractivity contribution in [2.45, 2.75) is 82.5 Å². The van der Waals surface area contributed by atoms with Crippen LogP contribution in [0, 0.1) is 29.6 Å². The van der Waals surface area contributed by atoms with Crippen LogP contribution in [0.3, 0.4) is 0 Å². The van der Waals surface area contributed by atoms with Crippen LogP contribution in [0.1, 0.15) is 80.6 Å². The van der Waals surface area contributed by atoms with Crippen LogP contribution in [0.15, 0.2) is 12.1 Å². The average molecular weight is 541 g/mol. The van der Waals surface area contributed by atoms with Gasteiger partial charge in [0, 0.05) is 24.3 Å². The molecule has 1 aromatic rings. The lowest BCUT2D eigenvalue weighted by atomic mass is 9.50. The molecule has 210 valence electrons. The molecule has 10 heteroatoms. The van der Waals surface area contributed by atoms with Crippen LogP contribution in [0.2, 0.25) is 0 Å². The Kier molecular flexibility index (Phi) is 6.91. The van der Waals surface area contributed by atoms with Crippen molar-refractivity contribution in [3.63, 3.8) is 0 Å². The molecular formula is C29H36N2O8. The lowest BCUT2D eigenvalue weighted by Crippen LogP contribution is -2.72. The highest BCUT2D eigenvalue weighted by atomic mass is 16.3. The second-order valence-electron chi connectivity index (χ2n) is 11.9. The van der Waals surface area contributed by atoms with E-state index in [0.29, 0.717) is 17.2 Å². The van der Waals surface area contributed by atoms with Gasteiger partial charge in [-0.05, 0) is 49.1 Å². The molecule has 0 saturated heterocycles. The molecule has 4 aliphatic carbocycles. The summed E-state index contributed by atoms with van der Waals surface area (Å²) in [6.45, 7) is 3.87. The standard InChI is InChI=1S/C29H36N2O8/c1-3-4-13-5-7-14(8-6-13)31-17-10-9-15-12(2)19-22(25(35)20(15)24(17)34)27(37)29(39)16(23(19)33)11-18(32)21(26(29)36)28(30)38/h9-10,12-14,16,19,21-23,31,33-34,39H,3-8,11H2,1-2H3,(H2,30,38)/t12-,13?,14?,16+,19+,21?,22?,23+,29+/m0/s1. The van der Waals surface area contributed by atoms with Crippen molar-refractivity contribution in [3.8, 4) is 5.75 Å². The summed E-state index contributed by atoms with van der Waals surface area (Å²) in [6, 6.07) is 3.50. The number of aromatic hydroxyl groups is 1. The van der Waals surface area contributed by atoms with Crippen molar-refractivity contribution in [2.75, 3.05) is 5.32 Å². The second kappa shape index (κ2) is 9.82. The third-order valence-electron chi connectivity index (χ3n) is 9.76. The molecule has 5 rings (SSSR count). The number of phenolic OH excluding ortho intramolecular Hbond substituents is 1. The zero-order valence-electron chi connectivity index (χ0n) is 22.2. The van der Waals surface area contributed by atoms with E-state index in [9.17, 15) is 39.3 Å². The first kappa shape index (κ1) is 27.5. The summed E-state index contributed by atoms with van der Waals surface area (Å²) in [5.74, 6) is -12.0. The third-order valence-corrected chi connectivity index (χ3v) is 9.76.